The third-order valence-corrected chi connectivity index (χ3v) is 6.15. The molecule has 2 aromatic carbocycles. The highest BCUT2D eigenvalue weighted by molar-refractivity contribution is 9.10. The maximum absolute atomic E-state index is 11.1. The molecular formula is C16H6BrCl3N6O8. The van der Waals surface area contributed by atoms with Crippen molar-refractivity contribution >= 4 is 84.2 Å². The molecule has 34 heavy (non-hydrogen) atoms. The highest BCUT2D eigenvalue weighted by Gasteiger charge is 2.23. The lowest BCUT2D eigenvalue weighted by molar-refractivity contribution is -0.383. The van der Waals surface area contributed by atoms with E-state index >= 15 is 0 Å². The number of rotatable bonds is 2. The van der Waals surface area contributed by atoms with Gasteiger partial charge in [-0.2, -0.15) is 0 Å². The lowest BCUT2D eigenvalue weighted by atomic mass is 10.2. The van der Waals surface area contributed by atoms with Gasteiger partial charge in [0.05, 0.1) is 25.9 Å². The van der Waals surface area contributed by atoms with E-state index < -0.39 is 43.5 Å². The molecule has 4 rings (SSSR count). The summed E-state index contributed by atoms with van der Waals surface area (Å²) < 4.78 is 0.251. The van der Waals surface area contributed by atoms with Gasteiger partial charge in [-0.15, -0.1) is 0 Å². The first-order chi connectivity index (χ1) is 15.8. The normalized spacial score (nSPS) is 10.7. The standard InChI is InChI=1S/C8H3BrClN3O4.C8H3Cl2N3O4/c2*9-2-1-3-5(6(4(2)10)13(16)17)12-8(15)7(14)11-3/h2*1H,(H,11,14)(H,12,15). The van der Waals surface area contributed by atoms with Crippen molar-refractivity contribution in [2.75, 3.05) is 0 Å². The zero-order valence-corrected chi connectivity index (χ0v) is 19.7. The van der Waals surface area contributed by atoms with Crippen molar-refractivity contribution in [1.82, 2.24) is 19.9 Å². The maximum atomic E-state index is 11.1. The van der Waals surface area contributed by atoms with Gasteiger partial charge < -0.3 is 19.9 Å². The molecule has 0 amide bonds. The Morgan fingerprint density at radius 2 is 1.06 bits per heavy atom. The summed E-state index contributed by atoms with van der Waals surface area (Å²) in [6.45, 7) is 0. The second kappa shape index (κ2) is 9.38. The molecule has 176 valence electrons. The third kappa shape index (κ3) is 4.58. The van der Waals surface area contributed by atoms with Crippen LogP contribution in [-0.4, -0.2) is 29.8 Å². The predicted molar refractivity (Wildman–Crippen MR) is 126 cm³/mol. The molecule has 0 saturated heterocycles. The summed E-state index contributed by atoms with van der Waals surface area (Å²) in [5, 5.41) is 21.2. The lowest BCUT2D eigenvalue weighted by Gasteiger charge is -2.02. The topological polar surface area (TPSA) is 218 Å². The van der Waals surface area contributed by atoms with Crippen molar-refractivity contribution in [2.45, 2.75) is 0 Å². The second-order valence-corrected chi connectivity index (χ2v) is 8.24. The number of aromatic nitrogens is 4. The zero-order valence-electron chi connectivity index (χ0n) is 15.8. The van der Waals surface area contributed by atoms with Gasteiger partial charge in [0.15, 0.2) is 0 Å². The van der Waals surface area contributed by atoms with E-state index in [-0.39, 0.29) is 41.6 Å². The minimum atomic E-state index is -1.00. The second-order valence-electron chi connectivity index (χ2n) is 6.22. The average molecular weight is 597 g/mol. The Kier molecular flexibility index (Phi) is 6.92. The van der Waals surface area contributed by atoms with Crippen molar-refractivity contribution in [3.8, 4) is 0 Å². The first-order valence-corrected chi connectivity index (χ1v) is 10.3. The smallest absolute Gasteiger partial charge is 0.314 e. The Hall–Kier alpha value is -3.53. The van der Waals surface area contributed by atoms with Crippen LogP contribution in [0.25, 0.3) is 22.1 Å². The fourth-order valence-electron chi connectivity index (χ4n) is 2.72. The van der Waals surface area contributed by atoms with Gasteiger partial charge in [-0.3, -0.25) is 39.4 Å². The largest absolute Gasteiger partial charge is 0.316 e. The van der Waals surface area contributed by atoms with Crippen molar-refractivity contribution in [1.29, 1.82) is 0 Å². The molecule has 14 nitrogen and oxygen atoms in total. The quantitative estimate of drug-likeness (QED) is 0.153. The number of fused-ring (bicyclic) bond motifs is 2. The molecule has 0 spiro atoms. The van der Waals surface area contributed by atoms with Crippen LogP contribution in [0.1, 0.15) is 0 Å². The molecule has 0 saturated carbocycles. The van der Waals surface area contributed by atoms with E-state index in [2.05, 4.69) is 35.9 Å². The lowest BCUT2D eigenvalue weighted by Crippen LogP contribution is -2.29. The highest BCUT2D eigenvalue weighted by Crippen LogP contribution is 2.37. The van der Waals surface area contributed by atoms with E-state index in [1.165, 1.54) is 12.1 Å². The molecule has 18 heteroatoms. The van der Waals surface area contributed by atoms with E-state index in [0.717, 1.165) is 0 Å². The first-order valence-electron chi connectivity index (χ1n) is 8.40. The van der Waals surface area contributed by atoms with E-state index in [9.17, 15) is 39.4 Å². The molecule has 0 aliphatic carbocycles. The van der Waals surface area contributed by atoms with Crippen molar-refractivity contribution in [2.24, 2.45) is 0 Å². The first kappa shape index (κ1) is 25.1. The Balaban J connectivity index is 0.000000191. The van der Waals surface area contributed by atoms with E-state index in [4.69, 9.17) is 34.8 Å². The van der Waals surface area contributed by atoms with E-state index in [0.29, 0.717) is 0 Å². The number of nitrogens with one attached hydrogen (secondary N) is 4. The monoisotopic (exact) mass is 594 g/mol. The van der Waals surface area contributed by atoms with Crippen molar-refractivity contribution < 1.29 is 9.85 Å². The number of hydrogen-bond donors (Lipinski definition) is 4. The van der Waals surface area contributed by atoms with Crippen molar-refractivity contribution in [3.05, 3.63) is 93.3 Å². The van der Waals surface area contributed by atoms with Gasteiger partial charge in [-0.25, -0.2) is 0 Å². The number of H-pyrrole nitrogens is 4. The summed E-state index contributed by atoms with van der Waals surface area (Å²) in [6.07, 6.45) is 0. The molecular weight excluding hydrogens is 590 g/mol. The summed E-state index contributed by atoms with van der Waals surface area (Å²) >= 11 is 20.1. The fraction of sp³-hybridized carbons (Fsp3) is 0. The highest BCUT2D eigenvalue weighted by atomic mass is 79.9. The van der Waals surface area contributed by atoms with Gasteiger partial charge in [0.2, 0.25) is 0 Å². The number of nitrogens with zero attached hydrogens (tertiary/aromatic N) is 2. The van der Waals surface area contributed by atoms with Crippen LogP contribution in [0.15, 0.2) is 35.8 Å². The third-order valence-electron chi connectivity index (χ3n) is 4.14. The van der Waals surface area contributed by atoms with Gasteiger partial charge in [-0.05, 0) is 28.1 Å². The number of nitro benzene ring substituents is 2. The molecule has 0 fully saturated rings. The molecule has 0 aliphatic rings. The van der Waals surface area contributed by atoms with Crippen LogP contribution >= 0.6 is 50.7 Å². The van der Waals surface area contributed by atoms with Crippen LogP contribution in [0, 0.1) is 20.2 Å². The molecule has 0 bridgehead atoms. The Morgan fingerprint density at radius 3 is 1.50 bits per heavy atom. The molecule has 0 radical (unpaired) electrons. The van der Waals surface area contributed by atoms with Crippen LogP contribution in [0.4, 0.5) is 11.4 Å². The SMILES string of the molecule is O=c1[nH]c2cc(Br)c(Cl)c([N+](=O)[O-])c2[nH]c1=O.O=c1[nH]c2cc(Cl)c(Cl)c([N+](=O)[O-])c2[nH]c1=O. The number of benzene rings is 2. The molecule has 2 heterocycles. The zero-order chi connectivity index (χ0) is 25.5. The predicted octanol–water partition coefficient (Wildman–Crippen LogP) is 2.97. The Labute approximate surface area is 206 Å². The minimum absolute atomic E-state index is 0.0377. The molecule has 0 aliphatic heterocycles. The summed E-state index contributed by atoms with van der Waals surface area (Å²) in [6, 6.07) is 2.60. The summed E-state index contributed by atoms with van der Waals surface area (Å²) in [4.78, 5) is 73.2. The maximum Gasteiger partial charge on any atom is 0.314 e. The van der Waals surface area contributed by atoms with Crippen LogP contribution in [0.3, 0.4) is 0 Å². The number of hydrogen-bond acceptors (Lipinski definition) is 8. The number of halogens is 4. The van der Waals surface area contributed by atoms with Gasteiger partial charge in [-0.1, -0.05) is 34.8 Å². The number of aromatic amines is 4. The van der Waals surface area contributed by atoms with Gasteiger partial charge in [0.1, 0.15) is 21.1 Å². The molecule has 4 aromatic rings. The van der Waals surface area contributed by atoms with Gasteiger partial charge in [0.25, 0.3) is 0 Å². The molecule has 2 aromatic heterocycles. The molecule has 0 unspecified atom stereocenters. The summed E-state index contributed by atoms with van der Waals surface area (Å²) in [7, 11) is 0. The molecule has 0 atom stereocenters. The minimum Gasteiger partial charge on any atom is -0.316 e. The van der Waals surface area contributed by atoms with Crippen LogP contribution < -0.4 is 22.2 Å². The van der Waals surface area contributed by atoms with Crippen LogP contribution in [0.2, 0.25) is 15.1 Å². The van der Waals surface area contributed by atoms with E-state index in [1.54, 1.807) is 0 Å². The number of nitro groups is 2. The summed E-state index contributed by atoms with van der Waals surface area (Å²) in [5.74, 6) is 0. The fourth-order valence-corrected chi connectivity index (χ4v) is 3.77. The van der Waals surface area contributed by atoms with E-state index in [1.807, 2.05) is 0 Å². The van der Waals surface area contributed by atoms with Gasteiger partial charge >= 0.3 is 33.6 Å². The van der Waals surface area contributed by atoms with Crippen molar-refractivity contribution in [3.63, 3.8) is 0 Å². The Bertz CT molecular complexity index is 1630. The average Bonchev–Trinajstić information content (AvgIpc) is 2.73. The van der Waals surface area contributed by atoms with Crippen LogP contribution in [-0.2, 0) is 0 Å². The Morgan fingerprint density at radius 1 is 0.676 bits per heavy atom. The van der Waals surface area contributed by atoms with Crippen LogP contribution in [0.5, 0.6) is 0 Å². The summed E-state index contributed by atoms with van der Waals surface area (Å²) in [5.41, 5.74) is -4.94. The molecule has 4 N–H and O–H groups in total. The van der Waals surface area contributed by atoms with Gasteiger partial charge in [0, 0.05) is 4.47 Å².